The third-order valence-corrected chi connectivity index (χ3v) is 5.45. The van der Waals surface area contributed by atoms with Gasteiger partial charge in [0.05, 0.1) is 21.3 Å². The van der Waals surface area contributed by atoms with Crippen molar-refractivity contribution in [3.8, 4) is 17.2 Å². The number of rotatable bonds is 7. The third kappa shape index (κ3) is 4.97. The van der Waals surface area contributed by atoms with Crippen molar-refractivity contribution in [2.75, 3.05) is 52.8 Å². The lowest BCUT2D eigenvalue weighted by molar-refractivity contribution is 0.142. The van der Waals surface area contributed by atoms with Gasteiger partial charge in [0, 0.05) is 44.0 Å². The van der Waals surface area contributed by atoms with Gasteiger partial charge in [-0.15, -0.1) is 0 Å². The second kappa shape index (κ2) is 10.2. The number of benzene rings is 2. The molecule has 0 unspecified atom stereocenters. The zero-order chi connectivity index (χ0) is 21.5. The molecule has 1 aliphatic heterocycles. The highest BCUT2D eigenvalue weighted by molar-refractivity contribution is 5.89. The number of hydrogen-bond donors (Lipinski definition) is 1. The molecule has 0 atom stereocenters. The molecule has 1 heterocycles. The summed E-state index contributed by atoms with van der Waals surface area (Å²) in [5.41, 5.74) is 3.12. The van der Waals surface area contributed by atoms with Crippen LogP contribution in [-0.2, 0) is 13.0 Å². The van der Waals surface area contributed by atoms with Gasteiger partial charge in [-0.25, -0.2) is 4.79 Å². The first kappa shape index (κ1) is 21.8. The van der Waals surface area contributed by atoms with Gasteiger partial charge in [-0.1, -0.05) is 25.1 Å². The highest BCUT2D eigenvalue weighted by Crippen LogP contribution is 2.40. The summed E-state index contributed by atoms with van der Waals surface area (Å²) < 4.78 is 16.4. The van der Waals surface area contributed by atoms with Crippen LogP contribution in [0.4, 0.5) is 10.5 Å². The number of aryl methyl sites for hydroxylation is 1. The van der Waals surface area contributed by atoms with Crippen LogP contribution < -0.4 is 19.5 Å². The lowest BCUT2D eigenvalue weighted by Gasteiger charge is -2.35. The van der Waals surface area contributed by atoms with E-state index in [0.29, 0.717) is 30.3 Å². The molecule has 0 saturated carbocycles. The Hall–Kier alpha value is -2.93. The standard InChI is InChI=1S/C23H31N3O4/c1-5-17-6-9-19(10-7-17)24-23(27)26-14-12-25(13-15-26)16-18-8-11-20(28-2)22(30-4)21(18)29-3/h6-11H,5,12-16H2,1-4H3,(H,24,27). The second-order valence-corrected chi connectivity index (χ2v) is 7.24. The van der Waals surface area contributed by atoms with Gasteiger partial charge in [0.25, 0.3) is 0 Å². The van der Waals surface area contributed by atoms with Crippen molar-refractivity contribution in [3.05, 3.63) is 47.5 Å². The molecule has 0 aliphatic carbocycles. The molecule has 30 heavy (non-hydrogen) atoms. The molecule has 162 valence electrons. The summed E-state index contributed by atoms with van der Waals surface area (Å²) in [5.74, 6) is 1.93. The van der Waals surface area contributed by atoms with Crippen molar-refractivity contribution >= 4 is 11.7 Å². The molecule has 7 nitrogen and oxygen atoms in total. The molecule has 2 amide bonds. The average Bonchev–Trinajstić information content (AvgIpc) is 2.79. The zero-order valence-corrected chi connectivity index (χ0v) is 18.2. The third-order valence-electron chi connectivity index (χ3n) is 5.45. The fraction of sp³-hybridized carbons (Fsp3) is 0.435. The van der Waals surface area contributed by atoms with Gasteiger partial charge < -0.3 is 24.4 Å². The lowest BCUT2D eigenvalue weighted by Crippen LogP contribution is -2.49. The summed E-state index contributed by atoms with van der Waals surface area (Å²) in [6.07, 6.45) is 0.987. The summed E-state index contributed by atoms with van der Waals surface area (Å²) in [7, 11) is 4.85. The number of methoxy groups -OCH3 is 3. The minimum atomic E-state index is -0.0532. The van der Waals surface area contributed by atoms with Gasteiger partial charge in [-0.2, -0.15) is 0 Å². The number of nitrogens with one attached hydrogen (secondary N) is 1. The van der Waals surface area contributed by atoms with Crippen molar-refractivity contribution in [2.45, 2.75) is 19.9 Å². The number of hydrogen-bond acceptors (Lipinski definition) is 5. The van der Waals surface area contributed by atoms with Crippen LogP contribution in [-0.4, -0.2) is 63.3 Å². The predicted octanol–water partition coefficient (Wildman–Crippen LogP) is 3.62. The molecule has 1 saturated heterocycles. The Morgan fingerprint density at radius 1 is 0.900 bits per heavy atom. The number of ether oxygens (including phenoxy) is 3. The molecule has 1 N–H and O–H groups in total. The van der Waals surface area contributed by atoms with E-state index in [4.69, 9.17) is 14.2 Å². The molecule has 0 radical (unpaired) electrons. The number of carbonyl (C=O) groups excluding carboxylic acids is 1. The number of urea groups is 1. The summed E-state index contributed by atoms with van der Waals surface area (Å²) in [6.45, 7) is 5.77. The Balaban J connectivity index is 1.57. The van der Waals surface area contributed by atoms with Crippen LogP contribution in [0.15, 0.2) is 36.4 Å². The molecule has 3 rings (SSSR count). The molecule has 0 aromatic heterocycles. The predicted molar refractivity (Wildman–Crippen MR) is 118 cm³/mol. The van der Waals surface area contributed by atoms with E-state index in [0.717, 1.165) is 37.3 Å². The van der Waals surface area contributed by atoms with Gasteiger partial charge in [0.2, 0.25) is 5.75 Å². The maximum absolute atomic E-state index is 12.6. The van der Waals surface area contributed by atoms with Crippen molar-refractivity contribution in [3.63, 3.8) is 0 Å². The number of carbonyl (C=O) groups is 1. The Morgan fingerprint density at radius 3 is 2.13 bits per heavy atom. The van der Waals surface area contributed by atoms with E-state index in [1.807, 2.05) is 41.3 Å². The van der Waals surface area contributed by atoms with Gasteiger partial charge in [-0.05, 0) is 30.2 Å². The summed E-state index contributed by atoms with van der Waals surface area (Å²) in [5, 5.41) is 2.99. The largest absolute Gasteiger partial charge is 0.493 e. The highest BCUT2D eigenvalue weighted by Gasteiger charge is 2.23. The highest BCUT2D eigenvalue weighted by atomic mass is 16.5. The maximum atomic E-state index is 12.6. The van der Waals surface area contributed by atoms with Crippen LogP contribution in [0.2, 0.25) is 0 Å². The molecule has 1 fully saturated rings. The minimum absolute atomic E-state index is 0.0532. The van der Waals surface area contributed by atoms with Gasteiger partial charge >= 0.3 is 6.03 Å². The van der Waals surface area contributed by atoms with Gasteiger partial charge in [0.15, 0.2) is 11.5 Å². The number of anilines is 1. The Kier molecular flexibility index (Phi) is 7.41. The minimum Gasteiger partial charge on any atom is -0.493 e. The van der Waals surface area contributed by atoms with Crippen molar-refractivity contribution < 1.29 is 19.0 Å². The van der Waals surface area contributed by atoms with Crippen LogP contribution in [0.3, 0.4) is 0 Å². The smallest absolute Gasteiger partial charge is 0.321 e. The summed E-state index contributed by atoms with van der Waals surface area (Å²) in [6, 6.07) is 11.8. The van der Waals surface area contributed by atoms with Crippen molar-refractivity contribution in [1.29, 1.82) is 0 Å². The van der Waals surface area contributed by atoms with Gasteiger partial charge in [0.1, 0.15) is 0 Å². The van der Waals surface area contributed by atoms with Crippen LogP contribution >= 0.6 is 0 Å². The van der Waals surface area contributed by atoms with Gasteiger partial charge in [-0.3, -0.25) is 4.90 Å². The molecule has 0 bridgehead atoms. The van der Waals surface area contributed by atoms with E-state index in [2.05, 4.69) is 17.1 Å². The SMILES string of the molecule is CCc1ccc(NC(=O)N2CCN(Cc3ccc(OC)c(OC)c3OC)CC2)cc1. The summed E-state index contributed by atoms with van der Waals surface area (Å²) in [4.78, 5) is 16.8. The van der Waals surface area contributed by atoms with E-state index >= 15 is 0 Å². The van der Waals surface area contributed by atoms with E-state index < -0.39 is 0 Å². The maximum Gasteiger partial charge on any atom is 0.321 e. The Morgan fingerprint density at radius 2 is 1.57 bits per heavy atom. The molecule has 2 aromatic rings. The Labute approximate surface area is 178 Å². The quantitative estimate of drug-likeness (QED) is 0.751. The number of piperazine rings is 1. The van der Waals surface area contributed by atoms with E-state index in [1.54, 1.807) is 21.3 Å². The van der Waals surface area contributed by atoms with Crippen LogP contribution in [0, 0.1) is 0 Å². The number of amides is 2. The second-order valence-electron chi connectivity index (χ2n) is 7.24. The van der Waals surface area contributed by atoms with E-state index in [-0.39, 0.29) is 6.03 Å². The van der Waals surface area contributed by atoms with Crippen molar-refractivity contribution in [1.82, 2.24) is 9.80 Å². The summed E-state index contributed by atoms with van der Waals surface area (Å²) >= 11 is 0. The fourth-order valence-electron chi connectivity index (χ4n) is 3.66. The van der Waals surface area contributed by atoms with E-state index in [1.165, 1.54) is 5.56 Å². The first-order valence-electron chi connectivity index (χ1n) is 10.2. The van der Waals surface area contributed by atoms with Crippen LogP contribution in [0.25, 0.3) is 0 Å². The lowest BCUT2D eigenvalue weighted by atomic mass is 10.1. The molecule has 2 aromatic carbocycles. The first-order chi connectivity index (χ1) is 14.6. The normalized spacial score (nSPS) is 14.3. The average molecular weight is 414 g/mol. The fourth-order valence-corrected chi connectivity index (χ4v) is 3.66. The van der Waals surface area contributed by atoms with Crippen LogP contribution in [0.5, 0.6) is 17.2 Å². The molecule has 7 heteroatoms. The monoisotopic (exact) mass is 413 g/mol. The Bertz CT molecular complexity index is 846. The number of nitrogens with zero attached hydrogens (tertiary/aromatic N) is 2. The van der Waals surface area contributed by atoms with Crippen LogP contribution in [0.1, 0.15) is 18.1 Å². The first-order valence-corrected chi connectivity index (χ1v) is 10.2. The molecular formula is C23H31N3O4. The molecule has 0 spiro atoms. The molecule has 1 aliphatic rings. The molecular weight excluding hydrogens is 382 g/mol. The van der Waals surface area contributed by atoms with E-state index in [9.17, 15) is 4.79 Å². The topological polar surface area (TPSA) is 63.3 Å². The zero-order valence-electron chi connectivity index (χ0n) is 18.2. The van der Waals surface area contributed by atoms with Crippen molar-refractivity contribution in [2.24, 2.45) is 0 Å².